The monoisotopic (exact) mass is 235 g/mol. The topological polar surface area (TPSA) is 60.7 Å². The zero-order valence-electron chi connectivity index (χ0n) is 9.64. The number of esters is 1. The van der Waals surface area contributed by atoms with Crippen LogP contribution < -0.4 is 4.84 Å². The molecular formula is C12H13NO4. The second kappa shape index (κ2) is 4.37. The van der Waals surface area contributed by atoms with Crippen LogP contribution in [0, 0.1) is 0 Å². The van der Waals surface area contributed by atoms with Gasteiger partial charge < -0.3 is 14.7 Å². The molecule has 90 valence electrons. The molecule has 0 atom stereocenters. The summed E-state index contributed by atoms with van der Waals surface area (Å²) in [5.41, 5.74) is 0.576. The first-order chi connectivity index (χ1) is 8.19. The molecule has 0 aliphatic carbocycles. The van der Waals surface area contributed by atoms with E-state index in [9.17, 15) is 9.90 Å². The van der Waals surface area contributed by atoms with E-state index in [-0.39, 0.29) is 18.3 Å². The van der Waals surface area contributed by atoms with Crippen molar-refractivity contribution < 1.29 is 19.5 Å². The van der Waals surface area contributed by atoms with Gasteiger partial charge in [-0.15, -0.1) is 0 Å². The molecule has 1 aromatic heterocycles. The van der Waals surface area contributed by atoms with E-state index in [2.05, 4.69) is 4.74 Å². The van der Waals surface area contributed by atoms with Crippen molar-refractivity contribution >= 4 is 16.7 Å². The van der Waals surface area contributed by atoms with Gasteiger partial charge in [0.2, 0.25) is 5.88 Å². The van der Waals surface area contributed by atoms with E-state index in [0.29, 0.717) is 11.1 Å². The molecule has 0 saturated heterocycles. The van der Waals surface area contributed by atoms with E-state index >= 15 is 0 Å². The molecule has 0 saturated carbocycles. The van der Waals surface area contributed by atoms with Gasteiger partial charge in [-0.05, 0) is 6.07 Å². The Bertz CT molecular complexity index is 559. The second-order valence-electron chi connectivity index (χ2n) is 3.55. The fourth-order valence-electron chi connectivity index (χ4n) is 1.85. The molecule has 2 rings (SSSR count). The maximum absolute atomic E-state index is 11.3. The van der Waals surface area contributed by atoms with Crippen LogP contribution in [0.1, 0.15) is 5.69 Å². The number of aromatic hydroxyl groups is 1. The van der Waals surface area contributed by atoms with E-state index in [4.69, 9.17) is 4.84 Å². The summed E-state index contributed by atoms with van der Waals surface area (Å²) in [6.45, 7) is 0. The number of rotatable bonds is 3. The third kappa shape index (κ3) is 1.80. The van der Waals surface area contributed by atoms with Gasteiger partial charge in [-0.25, -0.2) is 0 Å². The van der Waals surface area contributed by atoms with Crippen molar-refractivity contribution in [3.63, 3.8) is 0 Å². The summed E-state index contributed by atoms with van der Waals surface area (Å²) < 4.78 is 5.86. The minimum absolute atomic E-state index is 0.0120. The zero-order chi connectivity index (χ0) is 12.4. The lowest BCUT2D eigenvalue weighted by Gasteiger charge is -2.06. The molecule has 2 aromatic rings. The maximum Gasteiger partial charge on any atom is 0.311 e. The maximum atomic E-state index is 11.3. The fraction of sp³-hybridized carbons (Fsp3) is 0.250. The van der Waals surface area contributed by atoms with Crippen molar-refractivity contribution in [1.82, 2.24) is 4.73 Å². The third-order valence-corrected chi connectivity index (χ3v) is 2.64. The molecule has 0 spiro atoms. The minimum Gasteiger partial charge on any atom is -0.492 e. The SMILES string of the molecule is COC(=O)Cc1c2ccccc2c(O)n1OC. The molecule has 0 fully saturated rings. The van der Waals surface area contributed by atoms with Crippen molar-refractivity contribution in [1.29, 1.82) is 0 Å². The lowest BCUT2D eigenvalue weighted by Crippen LogP contribution is -2.14. The minimum atomic E-state index is -0.383. The van der Waals surface area contributed by atoms with Gasteiger partial charge in [0.25, 0.3) is 0 Å². The molecule has 0 aliphatic heterocycles. The number of carbonyl (C=O) groups excluding carboxylic acids is 1. The Hall–Kier alpha value is -2.17. The van der Waals surface area contributed by atoms with Crippen molar-refractivity contribution in [3.8, 4) is 5.88 Å². The summed E-state index contributed by atoms with van der Waals surface area (Å²) in [7, 11) is 2.75. The number of methoxy groups -OCH3 is 1. The first-order valence-corrected chi connectivity index (χ1v) is 5.11. The summed E-state index contributed by atoms with van der Waals surface area (Å²) in [6, 6.07) is 7.23. The molecule has 0 aliphatic rings. The Kier molecular flexibility index (Phi) is 2.91. The molecule has 5 heteroatoms. The van der Waals surface area contributed by atoms with Gasteiger partial charge in [0.15, 0.2) is 0 Å². The second-order valence-corrected chi connectivity index (χ2v) is 3.55. The third-order valence-electron chi connectivity index (χ3n) is 2.64. The quantitative estimate of drug-likeness (QED) is 0.810. The Morgan fingerprint density at radius 3 is 2.53 bits per heavy atom. The van der Waals surface area contributed by atoms with Crippen molar-refractivity contribution in [2.45, 2.75) is 6.42 Å². The molecule has 5 nitrogen and oxygen atoms in total. The number of aromatic nitrogens is 1. The Morgan fingerprint density at radius 2 is 1.94 bits per heavy atom. The van der Waals surface area contributed by atoms with Gasteiger partial charge in [0.1, 0.15) is 7.11 Å². The zero-order valence-corrected chi connectivity index (χ0v) is 9.64. The first kappa shape index (κ1) is 11.3. The van der Waals surface area contributed by atoms with Gasteiger partial charge >= 0.3 is 5.97 Å². The molecule has 0 bridgehead atoms. The summed E-state index contributed by atoms with van der Waals surface area (Å²) >= 11 is 0. The van der Waals surface area contributed by atoms with Gasteiger partial charge in [-0.3, -0.25) is 4.79 Å². The average Bonchev–Trinajstić information content (AvgIpc) is 2.63. The van der Waals surface area contributed by atoms with Crippen LogP contribution in [-0.4, -0.2) is 30.0 Å². The highest BCUT2D eigenvalue weighted by Gasteiger charge is 2.19. The van der Waals surface area contributed by atoms with Crippen LogP contribution in [0.25, 0.3) is 10.8 Å². The van der Waals surface area contributed by atoms with Crippen LogP contribution in [0.3, 0.4) is 0 Å². The number of carbonyl (C=O) groups is 1. The first-order valence-electron chi connectivity index (χ1n) is 5.11. The number of nitrogens with zero attached hydrogens (tertiary/aromatic N) is 1. The van der Waals surface area contributed by atoms with Crippen LogP contribution in [0.15, 0.2) is 24.3 Å². The van der Waals surface area contributed by atoms with E-state index < -0.39 is 0 Å². The standard InChI is InChI=1S/C12H13NO4/c1-16-11(14)7-10-8-5-3-4-6-9(8)12(15)13(10)17-2/h3-6,15H,7H2,1-2H3. The van der Waals surface area contributed by atoms with Crippen LogP contribution >= 0.6 is 0 Å². The van der Waals surface area contributed by atoms with Gasteiger partial charge in [-0.1, -0.05) is 18.2 Å². The molecule has 0 radical (unpaired) electrons. The number of benzene rings is 1. The summed E-state index contributed by atoms with van der Waals surface area (Å²) in [6.07, 6.45) is 0.0470. The molecule has 0 unspecified atom stereocenters. The summed E-state index contributed by atoms with van der Waals surface area (Å²) in [4.78, 5) is 16.4. The smallest absolute Gasteiger partial charge is 0.311 e. The molecule has 0 amide bonds. The highest BCUT2D eigenvalue weighted by Crippen LogP contribution is 2.30. The Morgan fingerprint density at radius 1 is 1.29 bits per heavy atom. The van der Waals surface area contributed by atoms with Gasteiger partial charge in [0, 0.05) is 10.8 Å². The lowest BCUT2D eigenvalue weighted by atomic mass is 10.1. The largest absolute Gasteiger partial charge is 0.492 e. The molecule has 1 heterocycles. The normalized spacial score (nSPS) is 10.5. The van der Waals surface area contributed by atoms with Crippen molar-refractivity contribution in [2.24, 2.45) is 0 Å². The summed E-state index contributed by atoms with van der Waals surface area (Å²) in [5.74, 6) is -0.395. The number of hydrogen-bond donors (Lipinski definition) is 1. The Labute approximate surface area is 98.1 Å². The van der Waals surface area contributed by atoms with E-state index in [1.165, 1.54) is 19.0 Å². The number of hydrogen-bond acceptors (Lipinski definition) is 4. The number of ether oxygens (including phenoxy) is 1. The van der Waals surface area contributed by atoms with E-state index in [1.54, 1.807) is 6.07 Å². The molecule has 1 aromatic carbocycles. The molecule has 17 heavy (non-hydrogen) atoms. The van der Waals surface area contributed by atoms with Crippen LogP contribution in [0.2, 0.25) is 0 Å². The highest BCUT2D eigenvalue weighted by molar-refractivity contribution is 5.92. The van der Waals surface area contributed by atoms with E-state index in [1.807, 2.05) is 18.2 Å². The van der Waals surface area contributed by atoms with Crippen molar-refractivity contribution in [3.05, 3.63) is 30.0 Å². The van der Waals surface area contributed by atoms with E-state index in [0.717, 1.165) is 5.39 Å². The average molecular weight is 235 g/mol. The van der Waals surface area contributed by atoms with Crippen LogP contribution in [-0.2, 0) is 16.0 Å². The van der Waals surface area contributed by atoms with Gasteiger partial charge in [-0.2, -0.15) is 4.73 Å². The van der Waals surface area contributed by atoms with Crippen LogP contribution in [0.5, 0.6) is 5.88 Å². The fourth-order valence-corrected chi connectivity index (χ4v) is 1.85. The molecule has 1 N–H and O–H groups in total. The summed E-state index contributed by atoms with van der Waals surface area (Å²) in [5, 5.41) is 11.4. The van der Waals surface area contributed by atoms with Crippen LogP contribution in [0.4, 0.5) is 0 Å². The van der Waals surface area contributed by atoms with Gasteiger partial charge in [0.05, 0.1) is 19.2 Å². The lowest BCUT2D eigenvalue weighted by molar-refractivity contribution is -0.140. The predicted octanol–water partition coefficient (Wildman–Crippen LogP) is 1.12. The predicted molar refractivity (Wildman–Crippen MR) is 61.8 cm³/mol. The highest BCUT2D eigenvalue weighted by atomic mass is 16.7. The van der Waals surface area contributed by atoms with Crippen molar-refractivity contribution in [2.75, 3.05) is 14.2 Å². The number of fused-ring (bicyclic) bond motifs is 1. The molecular weight excluding hydrogens is 222 g/mol. The Balaban J connectivity index is 2.62.